The summed E-state index contributed by atoms with van der Waals surface area (Å²) in [6, 6.07) is 8.53. The Labute approximate surface area is 214 Å². The number of aliphatic hydroxyl groups is 1. The molecule has 5 rings (SSSR count). The van der Waals surface area contributed by atoms with Gasteiger partial charge in [-0.3, -0.25) is 4.79 Å². The van der Waals surface area contributed by atoms with Gasteiger partial charge in [-0.25, -0.2) is 4.98 Å². The average Bonchev–Trinajstić information content (AvgIpc) is 3.46. The van der Waals surface area contributed by atoms with Crippen LogP contribution in [0.15, 0.2) is 41.8 Å². The molecule has 0 fully saturated rings. The van der Waals surface area contributed by atoms with Gasteiger partial charge in [0, 0.05) is 53.3 Å². The van der Waals surface area contributed by atoms with Crippen molar-refractivity contribution in [3.8, 4) is 10.4 Å². The number of nitrogens with one attached hydrogen (secondary N) is 1. The van der Waals surface area contributed by atoms with Crippen LogP contribution in [0.4, 0.5) is 24.5 Å². The first-order valence-electron chi connectivity index (χ1n) is 11.2. The number of halogens is 3. The Bertz CT molecular complexity index is 1380. The number of pyridine rings is 1. The number of carbonyl (C=O) groups is 1. The van der Waals surface area contributed by atoms with Crippen molar-refractivity contribution in [3.63, 3.8) is 0 Å². The van der Waals surface area contributed by atoms with Crippen LogP contribution >= 0.6 is 22.7 Å². The topological polar surface area (TPSA) is 91.5 Å². The largest absolute Gasteiger partial charge is 0.416 e. The van der Waals surface area contributed by atoms with Gasteiger partial charge in [0.25, 0.3) is 5.91 Å². The number of aliphatic hydroxyl groups excluding tert-OH is 1. The maximum Gasteiger partial charge on any atom is 0.416 e. The van der Waals surface area contributed by atoms with E-state index in [1.807, 2.05) is 17.5 Å². The number of nitrogens with zero attached hydrogens (tertiary/aromatic N) is 2. The summed E-state index contributed by atoms with van der Waals surface area (Å²) >= 11 is 2.76. The van der Waals surface area contributed by atoms with E-state index in [1.165, 1.54) is 23.5 Å². The van der Waals surface area contributed by atoms with Crippen molar-refractivity contribution < 1.29 is 23.1 Å². The van der Waals surface area contributed by atoms with Crippen LogP contribution in [0.25, 0.3) is 20.7 Å². The van der Waals surface area contributed by atoms with Crippen LogP contribution in [0.1, 0.15) is 33.4 Å². The van der Waals surface area contributed by atoms with Gasteiger partial charge in [-0.2, -0.15) is 13.2 Å². The van der Waals surface area contributed by atoms with E-state index >= 15 is 0 Å². The average molecular weight is 535 g/mol. The highest BCUT2D eigenvalue weighted by Crippen LogP contribution is 2.44. The second kappa shape index (κ2) is 10.6. The molecule has 4 N–H and O–H groups in total. The molecule has 1 aliphatic rings. The Balaban J connectivity index is 0.000000967. The number of thiophene rings is 2. The summed E-state index contributed by atoms with van der Waals surface area (Å²) < 4.78 is 39.1. The van der Waals surface area contributed by atoms with E-state index in [2.05, 4.69) is 17.3 Å². The van der Waals surface area contributed by atoms with Crippen molar-refractivity contribution in [2.75, 3.05) is 31.2 Å². The molecule has 0 bridgehead atoms. The molecule has 11 heteroatoms. The van der Waals surface area contributed by atoms with Crippen molar-refractivity contribution in [3.05, 3.63) is 63.5 Å². The number of hydrogen-bond acceptors (Lipinski definition) is 7. The Morgan fingerprint density at radius 3 is 2.69 bits per heavy atom. The fourth-order valence-electron chi connectivity index (χ4n) is 4.08. The molecule has 1 aromatic carbocycles. The normalized spacial score (nSPS) is 13.7. The SMILES string of the molecule is CCO.CN1CCc2nc3sc(C(=O)Nc4cccc(C(F)(F)F)c4)c(N)c3c(-c3cccs3)c2C1. The van der Waals surface area contributed by atoms with E-state index in [0.29, 0.717) is 10.5 Å². The number of aromatic nitrogens is 1. The Morgan fingerprint density at radius 1 is 1.28 bits per heavy atom. The first-order chi connectivity index (χ1) is 17.1. The minimum Gasteiger partial charge on any atom is -0.397 e. The van der Waals surface area contributed by atoms with Gasteiger partial charge in [-0.05, 0) is 49.2 Å². The minimum atomic E-state index is -4.50. The van der Waals surface area contributed by atoms with Crippen LogP contribution in [-0.4, -0.2) is 41.1 Å². The number of nitrogens with two attached hydrogens (primary N) is 1. The summed E-state index contributed by atoms with van der Waals surface area (Å²) in [5.74, 6) is -0.554. The molecular formula is C25H25F3N4O2S2. The molecule has 0 saturated heterocycles. The van der Waals surface area contributed by atoms with E-state index < -0.39 is 17.6 Å². The molecular weight excluding hydrogens is 509 g/mol. The summed E-state index contributed by atoms with van der Waals surface area (Å²) in [5, 5.41) is 12.8. The molecule has 1 amide bonds. The highest BCUT2D eigenvalue weighted by Gasteiger charge is 2.31. The fourth-order valence-corrected chi connectivity index (χ4v) is 5.91. The van der Waals surface area contributed by atoms with E-state index in [9.17, 15) is 18.0 Å². The summed E-state index contributed by atoms with van der Waals surface area (Å²) in [6.07, 6.45) is -3.70. The zero-order valence-corrected chi connectivity index (χ0v) is 21.3. The molecule has 0 spiro atoms. The molecule has 3 aromatic heterocycles. The van der Waals surface area contributed by atoms with Gasteiger partial charge >= 0.3 is 6.18 Å². The molecule has 6 nitrogen and oxygen atoms in total. The number of hydrogen-bond donors (Lipinski definition) is 3. The van der Waals surface area contributed by atoms with Gasteiger partial charge < -0.3 is 21.1 Å². The quantitative estimate of drug-likeness (QED) is 0.306. The monoisotopic (exact) mass is 534 g/mol. The zero-order chi connectivity index (χ0) is 26.0. The third kappa shape index (κ3) is 5.24. The molecule has 36 heavy (non-hydrogen) atoms. The molecule has 0 saturated carbocycles. The van der Waals surface area contributed by atoms with Gasteiger partial charge in [0.15, 0.2) is 0 Å². The standard InChI is InChI=1S/C23H19F3N4OS2.C2H6O/c1-30-8-7-15-14(11-30)17(16-6-3-9-32-16)18-19(27)20(33-22(18)29-15)21(31)28-13-5-2-4-12(10-13)23(24,25)26;1-2-3/h2-6,9-10H,7-8,11,27H2,1H3,(H,28,31);3H,2H2,1H3. The van der Waals surface area contributed by atoms with Crippen molar-refractivity contribution in [2.24, 2.45) is 0 Å². The maximum atomic E-state index is 13.0. The number of amides is 1. The Kier molecular flexibility index (Phi) is 7.65. The number of carbonyl (C=O) groups excluding carboxylic acids is 1. The molecule has 0 aliphatic carbocycles. The maximum absolute atomic E-state index is 13.0. The molecule has 0 unspecified atom stereocenters. The van der Waals surface area contributed by atoms with E-state index in [0.717, 1.165) is 58.7 Å². The predicted octanol–water partition coefficient (Wildman–Crippen LogP) is 5.86. The highest BCUT2D eigenvalue weighted by atomic mass is 32.1. The Hall–Kier alpha value is -2.99. The number of anilines is 2. The van der Waals surface area contributed by atoms with Crippen LogP contribution in [-0.2, 0) is 19.1 Å². The molecule has 4 aromatic rings. The fraction of sp³-hybridized carbons (Fsp3) is 0.280. The van der Waals surface area contributed by atoms with Crippen LogP contribution in [0.5, 0.6) is 0 Å². The van der Waals surface area contributed by atoms with Gasteiger partial charge in [0.1, 0.15) is 9.71 Å². The van der Waals surface area contributed by atoms with Crippen molar-refractivity contribution >= 4 is 50.2 Å². The predicted molar refractivity (Wildman–Crippen MR) is 140 cm³/mol. The van der Waals surface area contributed by atoms with Crippen LogP contribution < -0.4 is 11.1 Å². The first kappa shape index (κ1) is 26.1. The smallest absolute Gasteiger partial charge is 0.397 e. The van der Waals surface area contributed by atoms with Gasteiger partial charge in [0.2, 0.25) is 0 Å². The third-order valence-electron chi connectivity index (χ3n) is 5.64. The zero-order valence-electron chi connectivity index (χ0n) is 19.6. The minimum absolute atomic E-state index is 0.0547. The number of rotatable bonds is 3. The summed E-state index contributed by atoms with van der Waals surface area (Å²) in [5.41, 5.74) is 9.10. The second-order valence-corrected chi connectivity index (χ2v) is 10.2. The molecule has 190 valence electrons. The molecule has 0 radical (unpaired) electrons. The van der Waals surface area contributed by atoms with E-state index in [4.69, 9.17) is 15.8 Å². The van der Waals surface area contributed by atoms with Crippen LogP contribution in [0, 0.1) is 0 Å². The lowest BCUT2D eigenvalue weighted by atomic mass is 9.96. The molecule has 0 atom stereocenters. The van der Waals surface area contributed by atoms with Crippen LogP contribution in [0.2, 0.25) is 0 Å². The first-order valence-corrected chi connectivity index (χ1v) is 12.9. The summed E-state index contributed by atoms with van der Waals surface area (Å²) in [4.78, 5) is 22.0. The summed E-state index contributed by atoms with van der Waals surface area (Å²) in [6.45, 7) is 3.55. The van der Waals surface area contributed by atoms with Crippen molar-refractivity contribution in [1.29, 1.82) is 0 Å². The van der Waals surface area contributed by atoms with Gasteiger partial charge in [-0.1, -0.05) is 12.1 Å². The number of fused-ring (bicyclic) bond motifs is 2. The second-order valence-electron chi connectivity index (χ2n) is 8.25. The number of benzene rings is 1. The van der Waals surface area contributed by atoms with E-state index in [-0.39, 0.29) is 17.2 Å². The number of likely N-dealkylation sites (N-methyl/N-ethyl adjacent to an activating group) is 1. The highest BCUT2D eigenvalue weighted by molar-refractivity contribution is 7.21. The Morgan fingerprint density at radius 2 is 2.03 bits per heavy atom. The van der Waals surface area contributed by atoms with Crippen molar-refractivity contribution in [1.82, 2.24) is 9.88 Å². The summed E-state index contributed by atoms with van der Waals surface area (Å²) in [7, 11) is 2.05. The lowest BCUT2D eigenvalue weighted by molar-refractivity contribution is -0.137. The van der Waals surface area contributed by atoms with Gasteiger partial charge in [-0.15, -0.1) is 22.7 Å². The molecule has 4 heterocycles. The lowest BCUT2D eigenvalue weighted by Crippen LogP contribution is -2.27. The number of nitrogen functional groups attached to an aromatic ring is 1. The number of alkyl halides is 3. The third-order valence-corrected chi connectivity index (χ3v) is 7.63. The van der Waals surface area contributed by atoms with E-state index in [1.54, 1.807) is 18.3 Å². The van der Waals surface area contributed by atoms with Gasteiger partial charge in [0.05, 0.1) is 11.3 Å². The van der Waals surface area contributed by atoms with Crippen LogP contribution in [0.3, 0.4) is 0 Å². The lowest BCUT2D eigenvalue weighted by Gasteiger charge is -2.26. The molecule has 1 aliphatic heterocycles. The van der Waals surface area contributed by atoms with Crippen molar-refractivity contribution in [2.45, 2.75) is 26.1 Å².